The van der Waals surface area contributed by atoms with E-state index in [1.807, 2.05) is 59.5 Å². The third kappa shape index (κ3) is 2.18. The maximum atomic E-state index is 10.4. The first kappa shape index (κ1) is 13.6. The Balaban J connectivity index is 1.80. The molecule has 1 heterocycles. The molecule has 0 spiro atoms. The molecule has 0 unspecified atom stereocenters. The molecule has 3 nitrogen and oxygen atoms in total. The molecule has 1 aliphatic heterocycles. The summed E-state index contributed by atoms with van der Waals surface area (Å²) in [5, 5.41) is 21.2. The van der Waals surface area contributed by atoms with E-state index in [1.54, 1.807) is 0 Å². The first-order valence-corrected chi connectivity index (χ1v) is 7.57. The van der Waals surface area contributed by atoms with Crippen molar-refractivity contribution in [1.29, 1.82) is 5.41 Å². The fraction of sp³-hybridized carbons (Fsp3) is 0.0500. The van der Waals surface area contributed by atoms with Crippen molar-refractivity contribution >= 4 is 27.9 Å². The van der Waals surface area contributed by atoms with E-state index in [1.165, 1.54) is 0 Å². The second-order valence-electron chi connectivity index (χ2n) is 5.62. The van der Waals surface area contributed by atoms with Crippen LogP contribution in [0.5, 0.6) is 0 Å². The molecule has 0 aromatic heterocycles. The number of aliphatic hydroxyl groups excluding tert-OH is 1. The van der Waals surface area contributed by atoms with E-state index in [4.69, 9.17) is 5.41 Å². The molecule has 112 valence electrons. The summed E-state index contributed by atoms with van der Waals surface area (Å²) in [4.78, 5) is 1.86. The lowest BCUT2D eigenvalue weighted by molar-refractivity contribution is 0.411. The molecule has 3 aromatic rings. The summed E-state index contributed by atoms with van der Waals surface area (Å²) in [6.45, 7) is 0.330. The molecule has 3 heteroatoms. The number of hydrogen-bond acceptors (Lipinski definition) is 2. The number of benzene rings is 3. The van der Waals surface area contributed by atoms with E-state index in [2.05, 4.69) is 18.2 Å². The van der Waals surface area contributed by atoms with E-state index in [-0.39, 0.29) is 5.76 Å². The lowest BCUT2D eigenvalue weighted by Gasteiger charge is -2.21. The Morgan fingerprint density at radius 2 is 1.52 bits per heavy atom. The molecular formula is C20H16N2O. The molecule has 0 fully saturated rings. The second-order valence-corrected chi connectivity index (χ2v) is 5.62. The number of rotatable bonds is 2. The SMILES string of the molecule is N=C1C(c2ccccc2)=C(O)CN1c1cccc2ccccc12. The van der Waals surface area contributed by atoms with Crippen LogP contribution in [0.25, 0.3) is 16.3 Å². The van der Waals surface area contributed by atoms with Crippen molar-refractivity contribution in [1.82, 2.24) is 0 Å². The van der Waals surface area contributed by atoms with Crippen LogP contribution < -0.4 is 4.90 Å². The van der Waals surface area contributed by atoms with Crippen LogP contribution in [0.3, 0.4) is 0 Å². The van der Waals surface area contributed by atoms with Crippen molar-refractivity contribution in [2.75, 3.05) is 11.4 Å². The van der Waals surface area contributed by atoms with Crippen molar-refractivity contribution in [3.63, 3.8) is 0 Å². The molecule has 0 atom stereocenters. The summed E-state index contributed by atoms with van der Waals surface area (Å²) >= 11 is 0. The number of anilines is 1. The maximum Gasteiger partial charge on any atom is 0.137 e. The van der Waals surface area contributed by atoms with Gasteiger partial charge in [0.2, 0.25) is 0 Å². The topological polar surface area (TPSA) is 47.3 Å². The highest BCUT2D eigenvalue weighted by atomic mass is 16.3. The average molecular weight is 300 g/mol. The smallest absolute Gasteiger partial charge is 0.137 e. The van der Waals surface area contributed by atoms with Crippen molar-refractivity contribution in [3.8, 4) is 0 Å². The highest BCUT2D eigenvalue weighted by Crippen LogP contribution is 2.34. The third-order valence-corrected chi connectivity index (χ3v) is 4.22. The quantitative estimate of drug-likeness (QED) is 0.726. The zero-order chi connectivity index (χ0) is 15.8. The highest BCUT2D eigenvalue weighted by molar-refractivity contribution is 6.32. The van der Waals surface area contributed by atoms with Crippen LogP contribution in [0.15, 0.2) is 78.6 Å². The molecule has 1 aliphatic rings. The van der Waals surface area contributed by atoms with Crippen LogP contribution in [0.4, 0.5) is 5.69 Å². The predicted molar refractivity (Wildman–Crippen MR) is 95.0 cm³/mol. The maximum absolute atomic E-state index is 10.4. The number of nitrogens with zero attached hydrogens (tertiary/aromatic N) is 1. The van der Waals surface area contributed by atoms with Crippen molar-refractivity contribution in [2.24, 2.45) is 0 Å². The minimum atomic E-state index is 0.245. The number of fused-ring (bicyclic) bond motifs is 1. The van der Waals surface area contributed by atoms with Gasteiger partial charge in [-0.05, 0) is 17.0 Å². The lowest BCUT2D eigenvalue weighted by atomic mass is 10.0. The number of hydrogen-bond donors (Lipinski definition) is 2. The Hall–Kier alpha value is -3.07. The summed E-state index contributed by atoms with van der Waals surface area (Å²) in [7, 11) is 0. The van der Waals surface area contributed by atoms with Gasteiger partial charge in [-0.15, -0.1) is 0 Å². The summed E-state index contributed by atoms with van der Waals surface area (Å²) in [5.74, 6) is 0.583. The van der Waals surface area contributed by atoms with Gasteiger partial charge in [-0.1, -0.05) is 66.7 Å². The summed E-state index contributed by atoms with van der Waals surface area (Å²) in [6.07, 6.45) is 0. The van der Waals surface area contributed by atoms with Crippen LogP contribution in [-0.2, 0) is 0 Å². The molecule has 0 amide bonds. The third-order valence-electron chi connectivity index (χ3n) is 4.22. The fourth-order valence-electron chi connectivity index (χ4n) is 3.14. The van der Waals surface area contributed by atoms with Gasteiger partial charge in [-0.25, -0.2) is 0 Å². The summed E-state index contributed by atoms with van der Waals surface area (Å²) in [6, 6.07) is 23.8. The Morgan fingerprint density at radius 3 is 2.35 bits per heavy atom. The highest BCUT2D eigenvalue weighted by Gasteiger charge is 2.29. The zero-order valence-electron chi connectivity index (χ0n) is 12.5. The minimum Gasteiger partial charge on any atom is -0.510 e. The molecule has 3 aromatic carbocycles. The molecular weight excluding hydrogens is 284 g/mol. The Bertz CT molecular complexity index is 923. The molecule has 4 rings (SSSR count). The van der Waals surface area contributed by atoms with Crippen LogP contribution in [0.1, 0.15) is 5.56 Å². The molecule has 0 bridgehead atoms. The van der Waals surface area contributed by atoms with Crippen molar-refractivity contribution < 1.29 is 5.11 Å². The number of nitrogens with one attached hydrogen (secondary N) is 1. The van der Waals surface area contributed by atoms with Gasteiger partial charge in [0.05, 0.1) is 17.8 Å². The molecule has 0 aliphatic carbocycles. The standard InChI is InChI=1S/C20H16N2O/c21-20-19(15-8-2-1-3-9-15)18(23)13-22(20)17-12-6-10-14-7-4-5-11-16(14)17/h1-12,21,23H,13H2. The van der Waals surface area contributed by atoms with Gasteiger partial charge in [0.25, 0.3) is 0 Å². The second kappa shape index (κ2) is 5.29. The van der Waals surface area contributed by atoms with Gasteiger partial charge in [0.15, 0.2) is 0 Å². The first-order chi connectivity index (χ1) is 11.3. The van der Waals surface area contributed by atoms with Crippen LogP contribution in [0, 0.1) is 5.41 Å². The minimum absolute atomic E-state index is 0.245. The Kier molecular flexibility index (Phi) is 3.12. The van der Waals surface area contributed by atoms with Crippen LogP contribution in [-0.4, -0.2) is 17.5 Å². The molecule has 2 N–H and O–H groups in total. The monoisotopic (exact) mass is 300 g/mol. The van der Waals surface area contributed by atoms with E-state index >= 15 is 0 Å². The Morgan fingerprint density at radius 1 is 0.826 bits per heavy atom. The summed E-state index contributed by atoms with van der Waals surface area (Å²) < 4.78 is 0. The largest absolute Gasteiger partial charge is 0.510 e. The Labute approximate surface area is 134 Å². The fourth-order valence-corrected chi connectivity index (χ4v) is 3.14. The number of aliphatic hydroxyl groups is 1. The lowest BCUT2D eigenvalue weighted by Crippen LogP contribution is -2.26. The van der Waals surface area contributed by atoms with E-state index in [9.17, 15) is 5.11 Å². The van der Waals surface area contributed by atoms with Gasteiger partial charge in [0, 0.05) is 5.39 Å². The first-order valence-electron chi connectivity index (χ1n) is 7.57. The van der Waals surface area contributed by atoms with E-state index in [0.717, 1.165) is 22.0 Å². The van der Waals surface area contributed by atoms with Crippen LogP contribution >= 0.6 is 0 Å². The van der Waals surface area contributed by atoms with Crippen LogP contribution in [0.2, 0.25) is 0 Å². The molecule has 0 radical (unpaired) electrons. The van der Waals surface area contributed by atoms with Gasteiger partial charge >= 0.3 is 0 Å². The predicted octanol–water partition coefficient (Wildman–Crippen LogP) is 4.61. The van der Waals surface area contributed by atoms with Gasteiger partial charge in [-0.3, -0.25) is 5.41 Å². The summed E-state index contributed by atoms with van der Waals surface area (Å²) in [5.41, 5.74) is 2.43. The van der Waals surface area contributed by atoms with E-state index in [0.29, 0.717) is 18.0 Å². The van der Waals surface area contributed by atoms with Gasteiger partial charge < -0.3 is 10.0 Å². The molecule has 0 saturated carbocycles. The number of amidine groups is 1. The normalized spacial score (nSPS) is 14.8. The molecule has 23 heavy (non-hydrogen) atoms. The van der Waals surface area contributed by atoms with Crippen molar-refractivity contribution in [2.45, 2.75) is 0 Å². The van der Waals surface area contributed by atoms with Gasteiger partial charge in [-0.2, -0.15) is 0 Å². The van der Waals surface area contributed by atoms with Gasteiger partial charge in [0.1, 0.15) is 11.6 Å². The van der Waals surface area contributed by atoms with Crippen molar-refractivity contribution in [3.05, 3.63) is 84.1 Å². The molecule has 0 saturated heterocycles. The average Bonchev–Trinajstić information content (AvgIpc) is 2.89. The zero-order valence-corrected chi connectivity index (χ0v) is 12.5. The van der Waals surface area contributed by atoms with E-state index < -0.39 is 0 Å².